The maximum Gasteiger partial charge on any atom is 0.519 e. The van der Waals surface area contributed by atoms with Crippen molar-refractivity contribution in [3.8, 4) is 23.0 Å². The highest BCUT2D eigenvalue weighted by Gasteiger charge is 2.26. The number of benzene rings is 4. The number of rotatable bonds is 27. The predicted octanol–water partition coefficient (Wildman–Crippen LogP) is 21.1. The van der Waals surface area contributed by atoms with Gasteiger partial charge in [-0.2, -0.15) is 0 Å². The number of hydrogen-bond donors (Lipinski definition) is 6. The highest BCUT2D eigenvalue weighted by molar-refractivity contribution is 7.35. The van der Waals surface area contributed by atoms with E-state index in [0.717, 1.165) is 82.3 Å². The van der Waals surface area contributed by atoms with Crippen LogP contribution in [0.4, 0.5) is 19.2 Å². The normalized spacial score (nSPS) is 15.4. The molecule has 1 saturated heterocycles. The molecule has 24 nitrogen and oxygen atoms in total. The number of Topliss-reactive ketones (excluding diaryl/α,β-unsaturated/α-hetero) is 2. The zero-order chi connectivity index (χ0) is 88.5. The Morgan fingerprint density at radius 3 is 1.05 bits per heavy atom. The average molecular weight is 1730 g/mol. The third kappa shape index (κ3) is 58.7. The number of nitrogens with one attached hydrogen (secondary N) is 2. The molecule has 1 aliphatic heterocycles. The van der Waals surface area contributed by atoms with Gasteiger partial charge in [0.1, 0.15) is 45.4 Å². The third-order valence-corrected chi connectivity index (χ3v) is 18.7. The van der Waals surface area contributed by atoms with Crippen molar-refractivity contribution in [2.24, 2.45) is 35.1 Å². The lowest BCUT2D eigenvalue weighted by Crippen LogP contribution is -2.33. The molecule has 26 heteroatoms. The summed E-state index contributed by atoms with van der Waals surface area (Å²) in [5.74, 6) is 5.70. The summed E-state index contributed by atoms with van der Waals surface area (Å²) in [7, 11) is 1.08. The van der Waals surface area contributed by atoms with Crippen molar-refractivity contribution >= 4 is 63.0 Å². The van der Waals surface area contributed by atoms with Gasteiger partial charge in [-0.05, 0) is 277 Å². The predicted molar refractivity (Wildman–Crippen MR) is 481 cm³/mol. The number of alkyl carbamates (subject to hydrolysis) is 2. The zero-order valence-corrected chi connectivity index (χ0v) is 77.5. The fraction of sp³-hybridized carbons (Fsp3) is 0.670. The molecule has 9 rings (SSSR count). The average Bonchev–Trinajstić information content (AvgIpc) is 1.20. The fourth-order valence-corrected chi connectivity index (χ4v) is 12.9. The van der Waals surface area contributed by atoms with Gasteiger partial charge in [0.05, 0.1) is 45.2 Å². The van der Waals surface area contributed by atoms with Crippen LogP contribution in [0.25, 0.3) is 0 Å². The van der Waals surface area contributed by atoms with Crippen LogP contribution in [0.3, 0.4) is 0 Å². The molecule has 4 aromatic carbocycles. The molecule has 5 fully saturated rings. The molecule has 120 heavy (non-hydrogen) atoms. The summed E-state index contributed by atoms with van der Waals surface area (Å²) < 4.78 is 57.0. The van der Waals surface area contributed by atoms with Crippen LogP contribution in [0.5, 0.6) is 23.0 Å². The Morgan fingerprint density at radius 1 is 0.442 bits per heavy atom. The Kier molecular flexibility index (Phi) is 58.7. The second-order valence-corrected chi connectivity index (χ2v) is 35.6. The molecule has 2 atom stereocenters. The Balaban J connectivity index is 0.000000725. The number of halogens is 1. The quantitative estimate of drug-likeness (QED) is 0.0106. The minimum absolute atomic E-state index is 0. The third-order valence-electron chi connectivity index (χ3n) is 18.7. The molecule has 4 aromatic rings. The van der Waals surface area contributed by atoms with E-state index in [0.29, 0.717) is 80.3 Å². The lowest BCUT2D eigenvalue weighted by atomic mass is 9.90. The topological polar surface area (TPSA) is 338 Å². The minimum Gasteiger partial charge on any atom is -0.493 e. The van der Waals surface area contributed by atoms with Crippen molar-refractivity contribution in [2.75, 3.05) is 85.8 Å². The van der Waals surface area contributed by atoms with E-state index in [-0.39, 0.29) is 42.9 Å². The van der Waals surface area contributed by atoms with Crippen LogP contribution in [0, 0.1) is 23.7 Å². The molecule has 1 heterocycles. The zero-order valence-electron chi connectivity index (χ0n) is 75.7. The standard InChI is InChI=1S/C21H33NO4.C21H31NO4.C16H25NO2.C16H23NO2.C10H18O5.C4H8O2.C4H8O.C2H7P.ClH/c2*1-21(2,3)26-20(24)22-13-12-19(23)17-10-7-11-18(14-17)25-15-16-8-5-4-6-9-16;2*17-10-9-16(18)14-7-4-8-15(11-14)19-12-13-5-2-1-3-6-13;1-9(2,3)14-7(11)13-8(12)15-10(4,5)6;1-3-6-4(2)5;1-2-4-5-3-1;1-3-2;/h7,10-11,14,16,19,23H,4-6,8-9,12-13,15H2,1-3H3,(H,22,24);7,10-11,14,16H,4-6,8-9,12-13,15H2,1-3H3,(H,22,24);4,7-8,11,13,16,18H,1-3,5-6,9-10,12,17H2;4,7-8,11,13H,1-3,5-6,9-10,12,17H2;1-6H3;3H2,1-2H3;1-4H2;3H,1-2H3;1H. The van der Waals surface area contributed by atoms with Crippen molar-refractivity contribution in [1.82, 2.24) is 10.6 Å². The number of esters is 1. The molecule has 5 aliphatic rings. The Hall–Kier alpha value is -7.31. The van der Waals surface area contributed by atoms with Crippen LogP contribution in [0.1, 0.15) is 308 Å². The number of aliphatic hydroxyl groups is 2. The first-order chi connectivity index (χ1) is 56.4. The van der Waals surface area contributed by atoms with Crippen molar-refractivity contribution in [3.63, 3.8) is 0 Å². The lowest BCUT2D eigenvalue weighted by molar-refractivity contribution is -0.140. The second kappa shape index (κ2) is 63.6. The van der Waals surface area contributed by atoms with E-state index in [1.165, 1.54) is 148 Å². The Labute approximate surface area is 727 Å². The van der Waals surface area contributed by atoms with Gasteiger partial charge >= 0.3 is 30.5 Å². The summed E-state index contributed by atoms with van der Waals surface area (Å²) in [6.07, 6.45) is 26.0. The molecule has 0 aromatic heterocycles. The van der Waals surface area contributed by atoms with Crippen LogP contribution in [-0.4, -0.2) is 160 Å². The molecular weight excluding hydrogens is 1570 g/mol. The smallest absolute Gasteiger partial charge is 0.493 e. The number of nitrogens with two attached hydrogens (primary N) is 2. The second-order valence-electron chi connectivity index (χ2n) is 34.6. The number of carbonyl (C=O) groups is 7. The first kappa shape index (κ1) is 111. The summed E-state index contributed by atoms with van der Waals surface area (Å²) in [5, 5.41) is 25.6. The summed E-state index contributed by atoms with van der Waals surface area (Å²) in [4.78, 5) is 79.2. The van der Waals surface area contributed by atoms with Crippen molar-refractivity contribution in [1.29, 1.82) is 0 Å². The summed E-state index contributed by atoms with van der Waals surface area (Å²) in [6.45, 7) is 35.4. The number of ether oxygens (including phenoxy) is 11. The monoisotopic (exact) mass is 1730 g/mol. The number of carbonyl (C=O) groups excluding carboxylic acids is 7. The minimum atomic E-state index is -1.06. The number of aliphatic hydroxyl groups excluding tert-OH is 2. The van der Waals surface area contributed by atoms with Crippen LogP contribution in [0.15, 0.2) is 97.1 Å². The maximum atomic E-state index is 12.3. The first-order valence-corrected chi connectivity index (χ1v) is 45.5. The summed E-state index contributed by atoms with van der Waals surface area (Å²) in [5.41, 5.74) is 11.4. The number of ketones is 2. The molecule has 0 bridgehead atoms. The van der Waals surface area contributed by atoms with Gasteiger partial charge < -0.3 is 84.4 Å². The molecule has 682 valence electrons. The van der Waals surface area contributed by atoms with Gasteiger partial charge in [0, 0.05) is 57.2 Å². The van der Waals surface area contributed by atoms with Crippen LogP contribution < -0.4 is 41.0 Å². The summed E-state index contributed by atoms with van der Waals surface area (Å²) in [6, 6.07) is 30.1. The molecule has 4 aliphatic carbocycles. The van der Waals surface area contributed by atoms with Crippen LogP contribution in [0.2, 0.25) is 0 Å². The van der Waals surface area contributed by atoms with E-state index in [2.05, 4.69) is 33.4 Å². The fourth-order valence-electron chi connectivity index (χ4n) is 12.9. The molecular formula is C94H154ClN4O20P. The number of amides is 2. The first-order valence-electron chi connectivity index (χ1n) is 43.5. The van der Waals surface area contributed by atoms with E-state index in [4.69, 9.17) is 54.1 Å². The highest BCUT2D eigenvalue weighted by atomic mass is 35.5. The van der Waals surface area contributed by atoms with Crippen LogP contribution >= 0.6 is 21.0 Å². The van der Waals surface area contributed by atoms with E-state index in [9.17, 15) is 43.8 Å². The molecule has 2 amide bonds. The van der Waals surface area contributed by atoms with E-state index >= 15 is 0 Å². The van der Waals surface area contributed by atoms with Gasteiger partial charge in [-0.25, -0.2) is 19.2 Å². The van der Waals surface area contributed by atoms with Gasteiger partial charge in [-0.1, -0.05) is 126 Å². The Morgan fingerprint density at radius 2 is 0.758 bits per heavy atom. The molecule has 0 radical (unpaired) electrons. The van der Waals surface area contributed by atoms with E-state index < -0.39 is 59.1 Å². The SMILES string of the molecule is C1CCOC1.CC(C)(C)OC(=O)NCCC(=O)c1cccc(OCC2CCCCC2)c1.CC(C)(C)OC(=O)NCCC(O)c1cccc(OCC2CCCCC2)c1.CC(C)(C)OC(=O)OC(=O)OC(C)(C)C.CCOC(C)=O.CPC.Cl.NCCC(=O)c1cccc(OCC2CCCCC2)c1.NCCC(O)c1cccc(OCC2CCCCC2)c1. The molecule has 4 saturated carbocycles. The molecule has 2 unspecified atom stereocenters. The van der Waals surface area contributed by atoms with Crippen molar-refractivity contribution in [2.45, 2.75) is 298 Å². The summed E-state index contributed by atoms with van der Waals surface area (Å²) >= 11 is 0. The van der Waals surface area contributed by atoms with Gasteiger partial charge in [-0.3, -0.25) is 14.4 Å². The van der Waals surface area contributed by atoms with E-state index in [1.54, 1.807) is 81.4 Å². The maximum absolute atomic E-state index is 12.3. The van der Waals surface area contributed by atoms with Gasteiger partial charge in [0.25, 0.3) is 0 Å². The number of hydrogen-bond acceptors (Lipinski definition) is 22. The lowest BCUT2D eigenvalue weighted by Gasteiger charge is -2.22. The Bertz CT molecular complexity index is 3390. The van der Waals surface area contributed by atoms with Gasteiger partial charge in [0.15, 0.2) is 11.6 Å². The van der Waals surface area contributed by atoms with Crippen molar-refractivity contribution in [3.05, 3.63) is 119 Å². The van der Waals surface area contributed by atoms with Crippen LogP contribution in [-0.2, 0) is 38.0 Å². The van der Waals surface area contributed by atoms with Gasteiger partial charge in [-0.15, -0.1) is 21.0 Å². The highest BCUT2D eigenvalue weighted by Crippen LogP contribution is 2.31. The van der Waals surface area contributed by atoms with E-state index in [1.807, 2.05) is 106 Å². The molecule has 0 spiro atoms. The van der Waals surface area contributed by atoms with Crippen molar-refractivity contribution < 1.29 is 95.9 Å². The largest absolute Gasteiger partial charge is 0.519 e. The van der Waals surface area contributed by atoms with Gasteiger partial charge in [0.2, 0.25) is 0 Å². The molecule has 8 N–H and O–H groups in total.